The number of carbonyl (C=O) groups excluding carboxylic acids is 2. The number of nitrogens with one attached hydrogen (secondary N) is 1. The van der Waals surface area contributed by atoms with Crippen molar-refractivity contribution in [1.29, 1.82) is 0 Å². The van der Waals surface area contributed by atoms with E-state index in [0.29, 0.717) is 11.1 Å². The van der Waals surface area contributed by atoms with Gasteiger partial charge in [0.05, 0.1) is 23.8 Å². The van der Waals surface area contributed by atoms with Crippen LogP contribution in [0.1, 0.15) is 83.0 Å². The molecule has 4 aromatic rings. The number of imidazole rings is 1. The Hall–Kier alpha value is -4.04. The van der Waals surface area contributed by atoms with Gasteiger partial charge in [0.15, 0.2) is 5.65 Å². The van der Waals surface area contributed by atoms with Crippen molar-refractivity contribution in [3.05, 3.63) is 78.2 Å². The van der Waals surface area contributed by atoms with Crippen LogP contribution in [-0.2, 0) is 0 Å². The van der Waals surface area contributed by atoms with Crippen molar-refractivity contribution >= 4 is 17.5 Å². The molecule has 2 aromatic heterocycles. The highest BCUT2D eigenvalue weighted by molar-refractivity contribution is 5.95. The maximum atomic E-state index is 13.1. The Morgan fingerprint density at radius 3 is 1.79 bits per heavy atom. The molecule has 0 saturated carbocycles. The van der Waals surface area contributed by atoms with E-state index in [1.165, 1.54) is 0 Å². The highest BCUT2D eigenvalue weighted by Gasteiger charge is 2.28. The van der Waals surface area contributed by atoms with Crippen molar-refractivity contribution in [1.82, 2.24) is 29.5 Å². The normalized spacial score (nSPS) is 13.0. The molecule has 8 nitrogen and oxygen atoms in total. The van der Waals surface area contributed by atoms with Crippen LogP contribution in [0.3, 0.4) is 0 Å². The lowest BCUT2D eigenvalue weighted by molar-refractivity contribution is 0.0451. The minimum Gasteiger partial charge on any atom is -0.355 e. The van der Waals surface area contributed by atoms with E-state index in [1.807, 2.05) is 93.4 Å². The van der Waals surface area contributed by atoms with E-state index in [2.05, 4.69) is 41.0 Å². The molecule has 1 aliphatic heterocycles. The highest BCUT2D eigenvalue weighted by Crippen LogP contribution is 2.25. The number of carbonyl (C=O) groups is 2. The zero-order valence-corrected chi connectivity index (χ0v) is 27.7. The molecule has 0 bridgehead atoms. The molecular weight excluding hydrogens is 536 g/mol. The van der Waals surface area contributed by atoms with E-state index in [0.717, 1.165) is 54.3 Å². The summed E-state index contributed by atoms with van der Waals surface area (Å²) >= 11 is 0. The van der Waals surface area contributed by atoms with Crippen LogP contribution in [0.25, 0.3) is 28.2 Å². The van der Waals surface area contributed by atoms with Crippen LogP contribution in [0.15, 0.2) is 67.1 Å². The molecule has 43 heavy (non-hydrogen) atoms. The molecule has 1 N–H and O–H groups in total. The Balaban J connectivity index is 0.00000101. The molecule has 0 spiro atoms. The smallest absolute Gasteiger partial charge is 0.253 e. The number of hydrogen-bond donors (Lipinski definition) is 1. The zero-order valence-electron chi connectivity index (χ0n) is 27.7. The molecular formula is C35H50N6O2. The van der Waals surface area contributed by atoms with Gasteiger partial charge in [0.2, 0.25) is 0 Å². The fourth-order valence-electron chi connectivity index (χ4n) is 4.74. The summed E-state index contributed by atoms with van der Waals surface area (Å²) in [7, 11) is 1.62. The SMILES string of the molecule is CC.CC.CC.CNC(=O)c1ccc(-c2cnc3cnc(-c4ccc(C(=O)N5CCN(C(C)(C)C)CC5)cc4)cn23)cc1. The molecule has 8 heteroatoms. The van der Waals surface area contributed by atoms with E-state index in [9.17, 15) is 9.59 Å². The largest absolute Gasteiger partial charge is 0.355 e. The van der Waals surface area contributed by atoms with E-state index >= 15 is 0 Å². The van der Waals surface area contributed by atoms with Crippen LogP contribution < -0.4 is 5.32 Å². The number of aromatic nitrogens is 3. The second-order valence-electron chi connectivity index (χ2n) is 10.3. The summed E-state index contributed by atoms with van der Waals surface area (Å²) in [6.07, 6.45) is 5.50. The lowest BCUT2D eigenvalue weighted by Crippen LogP contribution is -2.54. The molecule has 0 aliphatic carbocycles. The Labute approximate surface area is 258 Å². The predicted molar refractivity (Wildman–Crippen MR) is 179 cm³/mol. The molecule has 2 amide bonds. The molecule has 3 heterocycles. The van der Waals surface area contributed by atoms with Crippen LogP contribution in [0.5, 0.6) is 0 Å². The van der Waals surface area contributed by atoms with Gasteiger partial charge in [0, 0.05) is 67.2 Å². The average molecular weight is 587 g/mol. The van der Waals surface area contributed by atoms with E-state index < -0.39 is 0 Å². The summed E-state index contributed by atoms with van der Waals surface area (Å²) in [5.41, 5.74) is 5.71. The van der Waals surface area contributed by atoms with Gasteiger partial charge < -0.3 is 10.2 Å². The van der Waals surface area contributed by atoms with Gasteiger partial charge in [-0.2, -0.15) is 0 Å². The van der Waals surface area contributed by atoms with Crippen LogP contribution in [-0.4, -0.2) is 74.7 Å². The topological polar surface area (TPSA) is 82.8 Å². The summed E-state index contributed by atoms with van der Waals surface area (Å²) in [5, 5.41) is 2.64. The third kappa shape index (κ3) is 8.51. The van der Waals surface area contributed by atoms with Gasteiger partial charge in [-0.25, -0.2) is 4.98 Å². The summed E-state index contributed by atoms with van der Waals surface area (Å²) in [6.45, 7) is 21.9. The van der Waals surface area contributed by atoms with Crippen LogP contribution in [0.4, 0.5) is 0 Å². The van der Waals surface area contributed by atoms with Gasteiger partial charge in [-0.15, -0.1) is 0 Å². The third-order valence-corrected chi connectivity index (χ3v) is 7.01. The van der Waals surface area contributed by atoms with Gasteiger partial charge >= 0.3 is 0 Å². The number of fused-ring (bicyclic) bond motifs is 1. The molecule has 2 aromatic carbocycles. The molecule has 1 fully saturated rings. The van der Waals surface area contributed by atoms with Crippen LogP contribution >= 0.6 is 0 Å². The number of hydrogen-bond acceptors (Lipinski definition) is 5. The second kappa shape index (κ2) is 16.6. The monoisotopic (exact) mass is 586 g/mol. The first kappa shape index (κ1) is 35.2. The molecule has 5 rings (SSSR count). The van der Waals surface area contributed by atoms with Gasteiger partial charge in [-0.1, -0.05) is 65.8 Å². The quantitative estimate of drug-likeness (QED) is 0.277. The summed E-state index contributed by atoms with van der Waals surface area (Å²) < 4.78 is 1.99. The number of piperazine rings is 1. The number of benzene rings is 2. The summed E-state index contributed by atoms with van der Waals surface area (Å²) in [5.74, 6) is -0.0501. The highest BCUT2D eigenvalue weighted by atomic mass is 16.2. The van der Waals surface area contributed by atoms with Crippen molar-refractivity contribution < 1.29 is 9.59 Å². The first-order chi connectivity index (χ1) is 20.7. The zero-order chi connectivity index (χ0) is 32.2. The number of nitrogens with zero attached hydrogens (tertiary/aromatic N) is 5. The van der Waals surface area contributed by atoms with Gasteiger partial charge in [-0.3, -0.25) is 23.9 Å². The van der Waals surface area contributed by atoms with E-state index in [1.54, 1.807) is 31.6 Å². The molecule has 0 unspecified atom stereocenters. The average Bonchev–Trinajstić information content (AvgIpc) is 3.50. The van der Waals surface area contributed by atoms with E-state index in [-0.39, 0.29) is 17.4 Å². The Morgan fingerprint density at radius 2 is 1.26 bits per heavy atom. The van der Waals surface area contributed by atoms with E-state index in [4.69, 9.17) is 0 Å². The minimum absolute atomic E-state index is 0.0700. The standard InChI is InChI=1S/C29H32N6O2.3C2H6/c1-29(2,3)34-15-13-33(14-16-34)28(37)23-11-5-20(6-12-23)24-19-35-25(17-32-26(35)18-31-24)21-7-9-22(10-8-21)27(36)30-4;3*1-2/h5-12,17-19H,13-16H2,1-4H3,(H,30,36);3*1-2H3. The molecule has 0 radical (unpaired) electrons. The minimum atomic E-state index is -0.120. The first-order valence-electron chi connectivity index (χ1n) is 15.5. The number of rotatable bonds is 4. The van der Waals surface area contributed by atoms with Crippen molar-refractivity contribution in [2.75, 3.05) is 33.2 Å². The summed E-state index contributed by atoms with van der Waals surface area (Å²) in [6, 6.07) is 15.1. The van der Waals surface area contributed by atoms with Crippen molar-refractivity contribution in [3.8, 4) is 22.5 Å². The first-order valence-corrected chi connectivity index (χ1v) is 15.5. The Bertz CT molecular complexity index is 1430. The molecule has 1 aliphatic rings. The van der Waals surface area contributed by atoms with Crippen LogP contribution in [0, 0.1) is 0 Å². The molecule has 232 valence electrons. The third-order valence-electron chi connectivity index (χ3n) is 7.01. The number of amides is 2. The van der Waals surface area contributed by atoms with Crippen LogP contribution in [0.2, 0.25) is 0 Å². The lowest BCUT2D eigenvalue weighted by atomic mass is 10.0. The van der Waals surface area contributed by atoms with Gasteiger partial charge in [0.1, 0.15) is 0 Å². The lowest BCUT2D eigenvalue weighted by Gasteiger charge is -2.42. The fraction of sp³-hybridized carbons (Fsp3) is 0.429. The maximum absolute atomic E-state index is 13.1. The second-order valence-corrected chi connectivity index (χ2v) is 10.3. The molecule has 0 atom stereocenters. The predicted octanol–water partition coefficient (Wildman–Crippen LogP) is 7.06. The van der Waals surface area contributed by atoms with Gasteiger partial charge in [0.25, 0.3) is 11.8 Å². The maximum Gasteiger partial charge on any atom is 0.253 e. The van der Waals surface area contributed by atoms with Crippen molar-refractivity contribution in [2.24, 2.45) is 0 Å². The molecule has 1 saturated heterocycles. The van der Waals surface area contributed by atoms with Gasteiger partial charge in [-0.05, 0) is 45.0 Å². The van der Waals surface area contributed by atoms with Crippen molar-refractivity contribution in [3.63, 3.8) is 0 Å². The Kier molecular flexibility index (Phi) is 13.5. The van der Waals surface area contributed by atoms with Crippen molar-refractivity contribution in [2.45, 2.75) is 67.9 Å². The summed E-state index contributed by atoms with van der Waals surface area (Å²) in [4.78, 5) is 38.4. The fourth-order valence-corrected chi connectivity index (χ4v) is 4.74. The Morgan fingerprint density at radius 1 is 0.721 bits per heavy atom.